The van der Waals surface area contributed by atoms with Gasteiger partial charge < -0.3 is 4.52 Å². The normalized spacial score (nSPS) is 12.0. The first-order chi connectivity index (χ1) is 7.99. The Morgan fingerprint density at radius 1 is 1.41 bits per heavy atom. The van der Waals surface area contributed by atoms with Gasteiger partial charge in [0.15, 0.2) is 11.5 Å². The van der Waals surface area contributed by atoms with Crippen LogP contribution in [0.1, 0.15) is 24.3 Å². The van der Waals surface area contributed by atoms with Gasteiger partial charge in [0.05, 0.1) is 0 Å². The molecular formula is C9H9F3N4O. The fraction of sp³-hybridized carbons (Fsp3) is 0.444. The van der Waals surface area contributed by atoms with Crippen molar-refractivity contribution in [2.24, 2.45) is 0 Å². The predicted octanol–water partition coefficient (Wildman–Crippen LogP) is 1.90. The van der Waals surface area contributed by atoms with E-state index in [0.29, 0.717) is 18.1 Å². The molecule has 0 bridgehead atoms. The molecule has 0 unspecified atom stereocenters. The molecule has 5 nitrogen and oxygen atoms in total. The van der Waals surface area contributed by atoms with E-state index in [1.807, 2.05) is 6.92 Å². The zero-order valence-electron chi connectivity index (χ0n) is 8.90. The Bertz CT molecular complexity index is 502. The van der Waals surface area contributed by atoms with Crippen LogP contribution >= 0.6 is 0 Å². The van der Waals surface area contributed by atoms with Crippen LogP contribution in [0.3, 0.4) is 0 Å². The van der Waals surface area contributed by atoms with E-state index in [1.165, 1.54) is 6.20 Å². The highest BCUT2D eigenvalue weighted by Crippen LogP contribution is 2.27. The van der Waals surface area contributed by atoms with E-state index in [-0.39, 0.29) is 6.54 Å². The molecule has 2 aromatic rings. The van der Waals surface area contributed by atoms with Crippen LogP contribution in [0.4, 0.5) is 13.2 Å². The standard InChI is InChI=1S/C9H9F3N4O/c1-2-8-13-7(15-17-8)5-16-4-3-6(14-16)9(10,11)12/h3-4H,2,5H2,1H3. The lowest BCUT2D eigenvalue weighted by Crippen LogP contribution is -2.09. The van der Waals surface area contributed by atoms with E-state index in [9.17, 15) is 13.2 Å². The highest BCUT2D eigenvalue weighted by molar-refractivity contribution is 5.04. The molecule has 2 aromatic heterocycles. The van der Waals surface area contributed by atoms with Crippen molar-refractivity contribution in [3.63, 3.8) is 0 Å². The number of alkyl halides is 3. The third kappa shape index (κ3) is 2.63. The Kier molecular flexibility index (Phi) is 2.86. The number of hydrogen-bond donors (Lipinski definition) is 0. The zero-order chi connectivity index (χ0) is 12.5. The van der Waals surface area contributed by atoms with E-state index < -0.39 is 11.9 Å². The Morgan fingerprint density at radius 3 is 2.71 bits per heavy atom. The van der Waals surface area contributed by atoms with Gasteiger partial charge in [-0.25, -0.2) is 0 Å². The molecule has 2 heterocycles. The molecule has 0 saturated carbocycles. The van der Waals surface area contributed by atoms with Gasteiger partial charge in [0.1, 0.15) is 6.54 Å². The van der Waals surface area contributed by atoms with Crippen LogP contribution in [-0.4, -0.2) is 19.9 Å². The van der Waals surface area contributed by atoms with Gasteiger partial charge in [-0.2, -0.15) is 23.3 Å². The monoisotopic (exact) mass is 246 g/mol. The lowest BCUT2D eigenvalue weighted by molar-refractivity contribution is -0.141. The maximum absolute atomic E-state index is 12.3. The molecule has 17 heavy (non-hydrogen) atoms. The first-order valence-electron chi connectivity index (χ1n) is 4.91. The first kappa shape index (κ1) is 11.6. The number of halogens is 3. The largest absolute Gasteiger partial charge is 0.435 e. The van der Waals surface area contributed by atoms with Crippen molar-refractivity contribution in [2.45, 2.75) is 26.1 Å². The van der Waals surface area contributed by atoms with E-state index in [0.717, 1.165) is 10.7 Å². The Balaban J connectivity index is 2.11. The second kappa shape index (κ2) is 4.19. The quantitative estimate of drug-likeness (QED) is 0.829. The van der Waals surface area contributed by atoms with Crippen molar-refractivity contribution in [3.8, 4) is 0 Å². The summed E-state index contributed by atoms with van der Waals surface area (Å²) in [4.78, 5) is 3.98. The van der Waals surface area contributed by atoms with Gasteiger partial charge in [0.2, 0.25) is 5.89 Å². The third-order valence-corrected chi connectivity index (χ3v) is 2.05. The predicted molar refractivity (Wildman–Crippen MR) is 50.0 cm³/mol. The number of nitrogens with zero attached hydrogens (tertiary/aromatic N) is 4. The van der Waals surface area contributed by atoms with Gasteiger partial charge in [0.25, 0.3) is 0 Å². The summed E-state index contributed by atoms with van der Waals surface area (Å²) < 4.78 is 42.8. The van der Waals surface area contributed by atoms with Gasteiger partial charge >= 0.3 is 6.18 Å². The Morgan fingerprint density at radius 2 is 2.18 bits per heavy atom. The minimum absolute atomic E-state index is 0.0551. The Hall–Kier alpha value is -1.86. The molecule has 0 atom stereocenters. The van der Waals surface area contributed by atoms with Crippen molar-refractivity contribution < 1.29 is 17.7 Å². The van der Waals surface area contributed by atoms with E-state index in [2.05, 4.69) is 15.2 Å². The van der Waals surface area contributed by atoms with Crippen LogP contribution < -0.4 is 0 Å². The molecular weight excluding hydrogens is 237 g/mol. The topological polar surface area (TPSA) is 56.7 Å². The third-order valence-electron chi connectivity index (χ3n) is 2.05. The van der Waals surface area contributed by atoms with Gasteiger partial charge in [-0.1, -0.05) is 12.1 Å². The number of aryl methyl sites for hydroxylation is 1. The molecule has 0 aromatic carbocycles. The minimum atomic E-state index is -4.43. The van der Waals surface area contributed by atoms with Crippen molar-refractivity contribution in [2.75, 3.05) is 0 Å². The molecule has 8 heteroatoms. The highest BCUT2D eigenvalue weighted by atomic mass is 19.4. The number of rotatable bonds is 3. The summed E-state index contributed by atoms with van der Waals surface area (Å²) in [5.74, 6) is 0.752. The molecule has 92 valence electrons. The summed E-state index contributed by atoms with van der Waals surface area (Å²) in [5, 5.41) is 7.01. The lowest BCUT2D eigenvalue weighted by Gasteiger charge is -2.00. The van der Waals surface area contributed by atoms with Gasteiger partial charge in [-0.05, 0) is 6.07 Å². The van der Waals surface area contributed by atoms with Crippen molar-refractivity contribution in [3.05, 3.63) is 29.7 Å². The zero-order valence-corrected chi connectivity index (χ0v) is 8.90. The SMILES string of the molecule is CCc1nc(Cn2ccc(C(F)(F)F)n2)no1. The van der Waals surface area contributed by atoms with E-state index in [4.69, 9.17) is 4.52 Å². The van der Waals surface area contributed by atoms with Crippen LogP contribution in [0.15, 0.2) is 16.8 Å². The van der Waals surface area contributed by atoms with Gasteiger partial charge in [-0.3, -0.25) is 4.68 Å². The summed E-state index contributed by atoms with van der Waals surface area (Å²) in [6, 6.07) is 0.904. The van der Waals surface area contributed by atoms with Gasteiger partial charge in [0, 0.05) is 12.6 Å². The maximum atomic E-state index is 12.3. The molecule has 0 amide bonds. The summed E-state index contributed by atoms with van der Waals surface area (Å²) in [5.41, 5.74) is -0.934. The van der Waals surface area contributed by atoms with E-state index >= 15 is 0 Å². The average molecular weight is 246 g/mol. The van der Waals surface area contributed by atoms with Crippen molar-refractivity contribution >= 4 is 0 Å². The minimum Gasteiger partial charge on any atom is -0.339 e. The number of hydrogen-bond acceptors (Lipinski definition) is 4. The molecule has 0 aliphatic carbocycles. The molecule has 0 fully saturated rings. The molecule has 0 saturated heterocycles. The molecule has 2 rings (SSSR count). The van der Waals surface area contributed by atoms with Crippen LogP contribution in [0.5, 0.6) is 0 Å². The lowest BCUT2D eigenvalue weighted by atomic mass is 10.4. The molecule has 0 N–H and O–H groups in total. The van der Waals surface area contributed by atoms with Crippen LogP contribution in [0, 0.1) is 0 Å². The molecule has 0 radical (unpaired) electrons. The summed E-state index contributed by atoms with van der Waals surface area (Å²) in [6.45, 7) is 1.90. The summed E-state index contributed by atoms with van der Waals surface area (Å²) >= 11 is 0. The molecule has 0 aliphatic heterocycles. The number of aromatic nitrogens is 4. The summed E-state index contributed by atoms with van der Waals surface area (Å²) in [6.07, 6.45) is -2.62. The summed E-state index contributed by atoms with van der Waals surface area (Å²) in [7, 11) is 0. The Labute approximate surface area is 94.2 Å². The average Bonchev–Trinajstić information content (AvgIpc) is 2.86. The molecule has 0 aliphatic rings. The second-order valence-corrected chi connectivity index (χ2v) is 3.35. The fourth-order valence-electron chi connectivity index (χ4n) is 1.24. The van der Waals surface area contributed by atoms with Crippen LogP contribution in [-0.2, 0) is 19.1 Å². The first-order valence-corrected chi connectivity index (χ1v) is 4.91. The van der Waals surface area contributed by atoms with E-state index in [1.54, 1.807) is 0 Å². The second-order valence-electron chi connectivity index (χ2n) is 3.35. The van der Waals surface area contributed by atoms with Gasteiger partial charge in [-0.15, -0.1) is 0 Å². The maximum Gasteiger partial charge on any atom is 0.435 e. The highest BCUT2D eigenvalue weighted by Gasteiger charge is 2.33. The van der Waals surface area contributed by atoms with Crippen LogP contribution in [0.2, 0.25) is 0 Å². The molecule has 0 spiro atoms. The van der Waals surface area contributed by atoms with Crippen molar-refractivity contribution in [1.82, 2.24) is 19.9 Å². The smallest absolute Gasteiger partial charge is 0.339 e. The van der Waals surface area contributed by atoms with Crippen LogP contribution in [0.25, 0.3) is 0 Å². The fourth-order valence-corrected chi connectivity index (χ4v) is 1.24. The van der Waals surface area contributed by atoms with Crippen molar-refractivity contribution in [1.29, 1.82) is 0 Å².